The van der Waals surface area contributed by atoms with Gasteiger partial charge < -0.3 is 0 Å². The van der Waals surface area contributed by atoms with Crippen molar-refractivity contribution in [2.75, 3.05) is 0 Å². The monoisotopic (exact) mass is 206 g/mol. The van der Waals surface area contributed by atoms with Gasteiger partial charge in [0.05, 0.1) is 0 Å². The average molecular weight is 206 g/mol. The van der Waals surface area contributed by atoms with Gasteiger partial charge in [-0.3, -0.25) is 0 Å². The topological polar surface area (TPSA) is 25.8 Å². The first kappa shape index (κ1) is 12.2. The molecule has 0 saturated carbocycles. The Balaban J connectivity index is 2.94. The Morgan fingerprint density at radius 3 is 2.13 bits per heavy atom. The summed E-state index contributed by atoms with van der Waals surface area (Å²) in [6.45, 7) is 13.2. The highest BCUT2D eigenvalue weighted by atomic mass is 14.9. The summed E-state index contributed by atoms with van der Waals surface area (Å²) in [7, 11) is 0. The Bertz CT molecular complexity index is 329. The van der Waals surface area contributed by atoms with Gasteiger partial charge in [0.25, 0.3) is 0 Å². The fourth-order valence-electron chi connectivity index (χ4n) is 1.38. The molecule has 0 aliphatic rings. The summed E-state index contributed by atoms with van der Waals surface area (Å²) in [6, 6.07) is 2.01. The fraction of sp³-hybridized carbons (Fsp3) is 0.692. The third-order valence-corrected chi connectivity index (χ3v) is 2.16. The Hall–Kier alpha value is -0.920. The molecule has 0 bridgehead atoms. The Labute approximate surface area is 93.2 Å². The molecule has 0 aliphatic heterocycles. The molecule has 0 N–H and O–H groups in total. The van der Waals surface area contributed by atoms with Crippen molar-refractivity contribution in [2.45, 2.75) is 53.4 Å². The van der Waals surface area contributed by atoms with E-state index in [1.165, 1.54) is 0 Å². The van der Waals surface area contributed by atoms with Crippen LogP contribution in [0.15, 0.2) is 12.3 Å². The van der Waals surface area contributed by atoms with Crippen LogP contribution in [-0.2, 0) is 11.8 Å². The lowest BCUT2D eigenvalue weighted by molar-refractivity contribution is 0.398. The second-order valence-electron chi connectivity index (χ2n) is 6.35. The summed E-state index contributed by atoms with van der Waals surface area (Å²) in [5.41, 5.74) is 1.48. The second-order valence-corrected chi connectivity index (χ2v) is 6.35. The van der Waals surface area contributed by atoms with Crippen LogP contribution in [-0.4, -0.2) is 9.97 Å². The molecular formula is C13H22N2. The van der Waals surface area contributed by atoms with E-state index in [4.69, 9.17) is 0 Å². The first-order chi connectivity index (χ1) is 6.68. The van der Waals surface area contributed by atoms with Crippen molar-refractivity contribution in [3.8, 4) is 0 Å². The van der Waals surface area contributed by atoms with Crippen LogP contribution >= 0.6 is 0 Å². The van der Waals surface area contributed by atoms with Crippen LogP contribution in [0, 0.1) is 5.41 Å². The maximum absolute atomic E-state index is 4.62. The molecule has 0 unspecified atom stereocenters. The third kappa shape index (κ3) is 3.98. The van der Waals surface area contributed by atoms with Crippen molar-refractivity contribution in [3.05, 3.63) is 23.8 Å². The van der Waals surface area contributed by atoms with Crippen molar-refractivity contribution >= 4 is 0 Å². The minimum Gasteiger partial charge on any atom is -0.241 e. The van der Waals surface area contributed by atoms with Crippen molar-refractivity contribution in [1.29, 1.82) is 0 Å². The van der Waals surface area contributed by atoms with Gasteiger partial charge in [0.2, 0.25) is 0 Å². The van der Waals surface area contributed by atoms with Gasteiger partial charge in [-0.15, -0.1) is 0 Å². The molecule has 84 valence electrons. The smallest absolute Gasteiger partial charge is 0.129 e. The molecule has 0 saturated heterocycles. The highest BCUT2D eigenvalue weighted by molar-refractivity contribution is 5.12. The highest BCUT2D eigenvalue weighted by Crippen LogP contribution is 2.22. The summed E-state index contributed by atoms with van der Waals surface area (Å²) >= 11 is 0. The van der Waals surface area contributed by atoms with Crippen molar-refractivity contribution in [1.82, 2.24) is 9.97 Å². The molecule has 15 heavy (non-hydrogen) atoms. The molecule has 0 spiro atoms. The Morgan fingerprint density at radius 2 is 1.67 bits per heavy atom. The molecule has 1 aromatic heterocycles. The molecule has 2 nitrogen and oxygen atoms in total. The van der Waals surface area contributed by atoms with Crippen LogP contribution in [0.3, 0.4) is 0 Å². The first-order valence-corrected chi connectivity index (χ1v) is 5.51. The largest absolute Gasteiger partial charge is 0.241 e. The molecule has 0 radical (unpaired) electrons. The number of hydrogen-bond donors (Lipinski definition) is 0. The molecule has 1 rings (SSSR count). The van der Waals surface area contributed by atoms with Crippen LogP contribution in [0.1, 0.15) is 53.1 Å². The predicted octanol–water partition coefficient (Wildman–Crippen LogP) is 3.36. The van der Waals surface area contributed by atoms with E-state index < -0.39 is 0 Å². The molecule has 0 aliphatic carbocycles. The van der Waals surface area contributed by atoms with Crippen molar-refractivity contribution in [3.63, 3.8) is 0 Å². The van der Waals surface area contributed by atoms with E-state index in [1.807, 2.05) is 12.3 Å². The van der Waals surface area contributed by atoms with E-state index >= 15 is 0 Å². The third-order valence-electron chi connectivity index (χ3n) is 2.16. The van der Waals surface area contributed by atoms with Crippen LogP contribution < -0.4 is 0 Å². The summed E-state index contributed by atoms with van der Waals surface area (Å²) in [5.74, 6) is 0.954. The van der Waals surface area contributed by atoms with Crippen LogP contribution in [0.5, 0.6) is 0 Å². The zero-order valence-electron chi connectivity index (χ0n) is 10.8. The van der Waals surface area contributed by atoms with Crippen molar-refractivity contribution in [2.24, 2.45) is 5.41 Å². The van der Waals surface area contributed by atoms with Gasteiger partial charge in [-0.2, -0.15) is 0 Å². The summed E-state index contributed by atoms with van der Waals surface area (Å²) in [4.78, 5) is 8.95. The SMILES string of the molecule is CC(C)(C)Cc1nccc(C(C)(C)C)n1. The molecule has 1 aromatic rings. The fourth-order valence-corrected chi connectivity index (χ4v) is 1.38. The van der Waals surface area contributed by atoms with Crippen LogP contribution in [0.4, 0.5) is 0 Å². The van der Waals surface area contributed by atoms with E-state index in [9.17, 15) is 0 Å². The Kier molecular flexibility index (Phi) is 3.17. The molecule has 0 atom stereocenters. The van der Waals surface area contributed by atoms with E-state index in [2.05, 4.69) is 51.5 Å². The summed E-state index contributed by atoms with van der Waals surface area (Å²) in [5, 5.41) is 0. The maximum Gasteiger partial charge on any atom is 0.129 e. The maximum atomic E-state index is 4.62. The average Bonchev–Trinajstić information content (AvgIpc) is 1.99. The predicted molar refractivity (Wildman–Crippen MR) is 63.9 cm³/mol. The van der Waals surface area contributed by atoms with Gasteiger partial charge in [-0.25, -0.2) is 9.97 Å². The molecular weight excluding hydrogens is 184 g/mol. The Morgan fingerprint density at radius 1 is 1.07 bits per heavy atom. The number of aromatic nitrogens is 2. The molecule has 0 fully saturated rings. The van der Waals surface area contributed by atoms with Gasteiger partial charge in [0, 0.05) is 23.7 Å². The molecule has 1 heterocycles. The zero-order valence-corrected chi connectivity index (χ0v) is 10.8. The van der Waals surface area contributed by atoms with E-state index in [0.29, 0.717) is 0 Å². The van der Waals surface area contributed by atoms with E-state index in [1.54, 1.807) is 0 Å². The second kappa shape index (κ2) is 3.92. The quantitative estimate of drug-likeness (QED) is 0.704. The zero-order chi connectivity index (χ0) is 11.7. The summed E-state index contributed by atoms with van der Waals surface area (Å²) in [6.07, 6.45) is 2.80. The lowest BCUT2D eigenvalue weighted by Crippen LogP contribution is -2.18. The molecule has 0 aromatic carbocycles. The van der Waals surface area contributed by atoms with Gasteiger partial charge in [-0.1, -0.05) is 41.5 Å². The molecule has 0 amide bonds. The standard InChI is InChI=1S/C13H22N2/c1-12(2,3)9-11-14-8-7-10(15-11)13(4,5)6/h7-8H,9H2,1-6H3. The normalized spacial score (nSPS) is 12.9. The van der Waals surface area contributed by atoms with Gasteiger partial charge in [0.15, 0.2) is 0 Å². The van der Waals surface area contributed by atoms with Crippen molar-refractivity contribution < 1.29 is 0 Å². The van der Waals surface area contributed by atoms with Gasteiger partial charge in [0.1, 0.15) is 5.82 Å². The first-order valence-electron chi connectivity index (χ1n) is 5.51. The van der Waals surface area contributed by atoms with Gasteiger partial charge in [-0.05, 0) is 11.5 Å². The number of nitrogens with zero attached hydrogens (tertiary/aromatic N) is 2. The minimum absolute atomic E-state index is 0.107. The minimum atomic E-state index is 0.107. The molecule has 2 heteroatoms. The number of hydrogen-bond acceptors (Lipinski definition) is 2. The highest BCUT2D eigenvalue weighted by Gasteiger charge is 2.18. The lowest BCUT2D eigenvalue weighted by atomic mass is 9.90. The number of rotatable bonds is 1. The summed E-state index contributed by atoms with van der Waals surface area (Å²) < 4.78 is 0. The lowest BCUT2D eigenvalue weighted by Gasteiger charge is -2.20. The van der Waals surface area contributed by atoms with Crippen LogP contribution in [0.2, 0.25) is 0 Å². The van der Waals surface area contributed by atoms with E-state index in [0.717, 1.165) is 17.9 Å². The van der Waals surface area contributed by atoms with Crippen LogP contribution in [0.25, 0.3) is 0 Å². The van der Waals surface area contributed by atoms with Gasteiger partial charge >= 0.3 is 0 Å². The van der Waals surface area contributed by atoms with E-state index in [-0.39, 0.29) is 10.8 Å².